The van der Waals surface area contributed by atoms with Crippen molar-refractivity contribution >= 4 is 13.4 Å². The van der Waals surface area contributed by atoms with Crippen molar-refractivity contribution in [3.8, 4) is 5.75 Å². The maximum absolute atomic E-state index is 11.8. The monoisotopic (exact) mass is 274 g/mol. The summed E-state index contributed by atoms with van der Waals surface area (Å²) >= 11 is 0. The predicted octanol–water partition coefficient (Wildman–Crippen LogP) is 1.87. The molecule has 102 valence electrons. The summed E-state index contributed by atoms with van der Waals surface area (Å²) in [6.07, 6.45) is 2.02. The van der Waals surface area contributed by atoms with E-state index in [1.807, 2.05) is 0 Å². The van der Waals surface area contributed by atoms with Gasteiger partial charge in [0.05, 0.1) is 12.3 Å². The molecule has 1 rings (SSSR count). The highest BCUT2D eigenvalue weighted by Gasteiger charge is 2.45. The highest BCUT2D eigenvalue weighted by molar-refractivity contribution is 7.53. The van der Waals surface area contributed by atoms with Crippen LogP contribution in [0.2, 0.25) is 0 Å². The van der Waals surface area contributed by atoms with Gasteiger partial charge in [-0.3, -0.25) is 4.57 Å². The van der Waals surface area contributed by atoms with Crippen molar-refractivity contribution in [2.24, 2.45) is 0 Å². The fourth-order valence-corrected chi connectivity index (χ4v) is 3.39. The maximum atomic E-state index is 11.8. The van der Waals surface area contributed by atoms with Crippen LogP contribution in [-0.4, -0.2) is 21.9 Å². The van der Waals surface area contributed by atoms with Crippen LogP contribution < -0.4 is 10.5 Å². The van der Waals surface area contributed by atoms with Gasteiger partial charge >= 0.3 is 7.60 Å². The number of nitrogen functional groups attached to an aromatic ring is 1. The second kappa shape index (κ2) is 5.26. The lowest BCUT2D eigenvalue weighted by Crippen LogP contribution is -2.25. The van der Waals surface area contributed by atoms with Crippen molar-refractivity contribution in [1.82, 2.24) is 4.98 Å². The molecule has 4 N–H and O–H groups in total. The van der Waals surface area contributed by atoms with Crippen LogP contribution in [0, 0.1) is 0 Å². The molecule has 0 saturated heterocycles. The van der Waals surface area contributed by atoms with Gasteiger partial charge in [-0.15, -0.1) is 0 Å². The first-order valence-electron chi connectivity index (χ1n) is 5.68. The summed E-state index contributed by atoms with van der Waals surface area (Å²) in [6.45, 7) is 3.48. The number of aromatic nitrogens is 1. The van der Waals surface area contributed by atoms with E-state index < -0.39 is 12.8 Å². The lowest BCUT2D eigenvalue weighted by atomic mass is 9.94. The van der Waals surface area contributed by atoms with Crippen LogP contribution in [0.15, 0.2) is 12.3 Å². The van der Waals surface area contributed by atoms with E-state index in [0.717, 1.165) is 0 Å². The molecule has 0 amide bonds. The molecule has 0 saturated carbocycles. The zero-order chi connectivity index (χ0) is 14.0. The third-order valence-corrected chi connectivity index (χ3v) is 5.37. The molecule has 18 heavy (non-hydrogen) atoms. The van der Waals surface area contributed by atoms with Gasteiger partial charge in [0.1, 0.15) is 0 Å². The van der Waals surface area contributed by atoms with Gasteiger partial charge < -0.3 is 20.3 Å². The van der Waals surface area contributed by atoms with E-state index in [4.69, 9.17) is 10.5 Å². The van der Waals surface area contributed by atoms with E-state index in [1.165, 1.54) is 13.3 Å². The highest BCUT2D eigenvalue weighted by Crippen LogP contribution is 2.61. The van der Waals surface area contributed by atoms with Crippen molar-refractivity contribution in [2.75, 3.05) is 12.8 Å². The van der Waals surface area contributed by atoms with E-state index in [0.29, 0.717) is 24.2 Å². The Morgan fingerprint density at radius 2 is 2.00 bits per heavy atom. The van der Waals surface area contributed by atoms with Gasteiger partial charge in [0.25, 0.3) is 0 Å². The van der Waals surface area contributed by atoms with Gasteiger partial charge in [-0.05, 0) is 24.5 Å². The summed E-state index contributed by atoms with van der Waals surface area (Å²) in [5.41, 5.74) is 6.06. The summed E-state index contributed by atoms with van der Waals surface area (Å²) < 4.78 is 16.8. The van der Waals surface area contributed by atoms with Crippen LogP contribution in [0.3, 0.4) is 0 Å². The first kappa shape index (κ1) is 15.0. The van der Waals surface area contributed by atoms with Gasteiger partial charge in [-0.1, -0.05) is 13.8 Å². The van der Waals surface area contributed by atoms with Gasteiger partial charge in [-0.2, -0.15) is 0 Å². The van der Waals surface area contributed by atoms with Crippen LogP contribution in [0.4, 0.5) is 5.82 Å². The van der Waals surface area contributed by atoms with Crippen LogP contribution in [0.1, 0.15) is 32.3 Å². The average Bonchev–Trinajstić information content (AvgIpc) is 2.31. The summed E-state index contributed by atoms with van der Waals surface area (Å²) in [5.74, 6) is 0.528. The molecule has 0 aliphatic rings. The predicted molar refractivity (Wildman–Crippen MR) is 69.5 cm³/mol. The van der Waals surface area contributed by atoms with Gasteiger partial charge in [-0.25, -0.2) is 4.98 Å². The molecule has 0 aromatic carbocycles. The minimum Gasteiger partial charge on any atom is -0.493 e. The Hall–Kier alpha value is -1.10. The Balaban J connectivity index is 3.44. The van der Waals surface area contributed by atoms with Crippen LogP contribution >= 0.6 is 7.60 Å². The number of anilines is 1. The van der Waals surface area contributed by atoms with E-state index in [-0.39, 0.29) is 5.82 Å². The van der Waals surface area contributed by atoms with Crippen LogP contribution in [0.25, 0.3) is 0 Å². The van der Waals surface area contributed by atoms with Crippen molar-refractivity contribution in [1.29, 1.82) is 0 Å². The molecular formula is C11H19N2O4P. The van der Waals surface area contributed by atoms with Gasteiger partial charge in [0.15, 0.2) is 11.6 Å². The molecule has 0 fully saturated rings. The molecular weight excluding hydrogens is 255 g/mol. The molecule has 0 unspecified atom stereocenters. The molecule has 1 aromatic heterocycles. The lowest BCUT2D eigenvalue weighted by Gasteiger charge is -2.32. The van der Waals surface area contributed by atoms with Gasteiger partial charge in [0, 0.05) is 6.20 Å². The molecule has 0 atom stereocenters. The third-order valence-electron chi connectivity index (χ3n) is 3.37. The molecule has 0 spiro atoms. The first-order valence-corrected chi connectivity index (χ1v) is 7.29. The SMILES string of the molecule is CCC(CC)(c1cnc(N)c(OC)c1)P(=O)(O)O. The minimum absolute atomic E-state index is 0.202. The number of nitrogens with two attached hydrogens (primary N) is 1. The summed E-state index contributed by atoms with van der Waals surface area (Å²) in [6, 6.07) is 1.55. The topological polar surface area (TPSA) is 106 Å². The molecule has 7 heteroatoms. The van der Waals surface area contributed by atoms with E-state index in [9.17, 15) is 14.4 Å². The Labute approximate surface area is 106 Å². The lowest BCUT2D eigenvalue weighted by molar-refractivity contribution is 0.314. The normalized spacial score (nSPS) is 12.5. The average molecular weight is 274 g/mol. The van der Waals surface area contributed by atoms with Crippen molar-refractivity contribution < 1.29 is 19.1 Å². The second-order valence-corrected chi connectivity index (χ2v) is 6.04. The fraction of sp³-hybridized carbons (Fsp3) is 0.545. The maximum Gasteiger partial charge on any atom is 0.336 e. The molecule has 0 aliphatic carbocycles. The minimum atomic E-state index is -4.31. The molecule has 6 nitrogen and oxygen atoms in total. The Kier molecular flexibility index (Phi) is 4.37. The number of methoxy groups -OCH3 is 1. The van der Waals surface area contributed by atoms with E-state index in [1.54, 1.807) is 19.9 Å². The second-order valence-electron chi connectivity index (χ2n) is 4.09. The molecule has 0 bridgehead atoms. The number of rotatable bonds is 5. The molecule has 0 radical (unpaired) electrons. The summed E-state index contributed by atoms with van der Waals surface area (Å²) in [5, 5.41) is -1.24. The van der Waals surface area contributed by atoms with Crippen molar-refractivity contribution in [3.63, 3.8) is 0 Å². The number of ether oxygens (including phenoxy) is 1. The number of hydrogen-bond acceptors (Lipinski definition) is 4. The zero-order valence-electron chi connectivity index (χ0n) is 10.8. The number of nitrogens with zero attached hydrogens (tertiary/aromatic N) is 1. The fourth-order valence-electron chi connectivity index (χ4n) is 2.11. The quantitative estimate of drug-likeness (QED) is 0.708. The Morgan fingerprint density at radius 1 is 1.44 bits per heavy atom. The Bertz CT molecular complexity index is 468. The Morgan fingerprint density at radius 3 is 2.39 bits per heavy atom. The number of pyridine rings is 1. The van der Waals surface area contributed by atoms with Gasteiger partial charge in [0.2, 0.25) is 0 Å². The molecule has 0 aliphatic heterocycles. The smallest absolute Gasteiger partial charge is 0.336 e. The molecule has 1 aromatic rings. The van der Waals surface area contributed by atoms with E-state index in [2.05, 4.69) is 4.98 Å². The summed E-state index contributed by atoms with van der Waals surface area (Å²) in [4.78, 5) is 23.2. The molecule has 1 heterocycles. The highest BCUT2D eigenvalue weighted by atomic mass is 31.2. The standard InChI is InChI=1S/C11H19N2O4P/c1-4-11(5-2,18(14,15)16)8-6-9(17-3)10(12)13-7-8/h6-7H,4-5H2,1-3H3,(H2,12,13)(H2,14,15,16). The number of hydrogen-bond donors (Lipinski definition) is 3. The van der Waals surface area contributed by atoms with Crippen LogP contribution in [0.5, 0.6) is 5.75 Å². The van der Waals surface area contributed by atoms with Crippen molar-refractivity contribution in [3.05, 3.63) is 17.8 Å². The summed E-state index contributed by atoms with van der Waals surface area (Å²) in [7, 11) is -2.87. The zero-order valence-corrected chi connectivity index (χ0v) is 11.6. The van der Waals surface area contributed by atoms with E-state index >= 15 is 0 Å². The third kappa shape index (κ3) is 2.36. The first-order chi connectivity index (χ1) is 8.32. The van der Waals surface area contributed by atoms with Crippen LogP contribution in [-0.2, 0) is 9.72 Å². The van der Waals surface area contributed by atoms with Crippen molar-refractivity contribution in [2.45, 2.75) is 31.8 Å². The largest absolute Gasteiger partial charge is 0.493 e.